The molecule has 1 rings (SSSR count). The molecule has 0 aromatic heterocycles. The molecule has 0 N–H and O–H groups in total. The molecule has 84 valence electrons. The molecule has 0 fully saturated rings. The number of nitro groups is 1. The molecule has 0 atom stereocenters. The molecule has 0 radical (unpaired) electrons. The second-order valence-corrected chi connectivity index (χ2v) is 5.23. The standard InChI is InChI=1S/C9H6ClNO4S/c1-2-5-16(14,15)7-3-4-8(10)9(6-7)11(12)13/h1,3-4,6H,5H2. The van der Waals surface area contributed by atoms with Crippen LogP contribution in [0.2, 0.25) is 5.02 Å². The number of nitro benzene ring substituents is 1. The van der Waals surface area contributed by atoms with Crippen molar-refractivity contribution in [3.05, 3.63) is 33.3 Å². The van der Waals surface area contributed by atoms with Crippen molar-refractivity contribution < 1.29 is 13.3 Å². The molecule has 0 spiro atoms. The molecule has 0 aliphatic rings. The number of rotatable bonds is 3. The first-order chi connectivity index (χ1) is 7.38. The Labute approximate surface area is 97.1 Å². The van der Waals surface area contributed by atoms with Crippen molar-refractivity contribution in [2.24, 2.45) is 0 Å². The third-order valence-electron chi connectivity index (χ3n) is 1.75. The van der Waals surface area contributed by atoms with Crippen molar-refractivity contribution in [3.63, 3.8) is 0 Å². The number of sulfone groups is 1. The van der Waals surface area contributed by atoms with Gasteiger partial charge in [-0.15, -0.1) is 6.42 Å². The van der Waals surface area contributed by atoms with Crippen LogP contribution in [0.3, 0.4) is 0 Å². The van der Waals surface area contributed by atoms with Gasteiger partial charge in [0.1, 0.15) is 10.8 Å². The monoisotopic (exact) mass is 259 g/mol. The predicted octanol–water partition coefficient (Wildman–Crippen LogP) is 1.66. The first kappa shape index (κ1) is 12.5. The molecular formula is C9H6ClNO4S. The maximum atomic E-state index is 11.5. The van der Waals surface area contributed by atoms with Crippen molar-refractivity contribution in [1.82, 2.24) is 0 Å². The Kier molecular flexibility index (Phi) is 3.52. The largest absolute Gasteiger partial charge is 0.289 e. The van der Waals surface area contributed by atoms with Crippen LogP contribution in [-0.2, 0) is 9.84 Å². The SMILES string of the molecule is C#CCS(=O)(=O)c1ccc(Cl)c([N+](=O)[O-])c1. The number of hydrogen-bond acceptors (Lipinski definition) is 4. The van der Waals surface area contributed by atoms with Gasteiger partial charge in [0.15, 0.2) is 9.84 Å². The summed E-state index contributed by atoms with van der Waals surface area (Å²) in [4.78, 5) is 9.59. The van der Waals surface area contributed by atoms with Crippen LogP contribution in [0.25, 0.3) is 0 Å². The smallest absolute Gasteiger partial charge is 0.258 e. The number of nitrogens with zero attached hydrogens (tertiary/aromatic N) is 1. The first-order valence-corrected chi connectivity index (χ1v) is 6.01. The van der Waals surface area contributed by atoms with Crippen LogP contribution in [-0.4, -0.2) is 19.1 Å². The molecule has 7 heteroatoms. The molecule has 0 unspecified atom stereocenters. The highest BCUT2D eigenvalue weighted by Crippen LogP contribution is 2.27. The van der Waals surface area contributed by atoms with E-state index in [1.54, 1.807) is 0 Å². The van der Waals surface area contributed by atoms with E-state index in [0.717, 1.165) is 12.1 Å². The molecule has 0 heterocycles. The molecule has 0 saturated heterocycles. The van der Waals surface area contributed by atoms with Gasteiger partial charge in [0.05, 0.1) is 9.82 Å². The molecular weight excluding hydrogens is 254 g/mol. The predicted molar refractivity (Wildman–Crippen MR) is 59.0 cm³/mol. The summed E-state index contributed by atoms with van der Waals surface area (Å²) < 4.78 is 23.0. The number of benzene rings is 1. The highest BCUT2D eigenvalue weighted by molar-refractivity contribution is 7.91. The Balaban J connectivity index is 3.35. The van der Waals surface area contributed by atoms with Crippen molar-refractivity contribution in [2.75, 3.05) is 5.75 Å². The normalized spacial score (nSPS) is 10.8. The Bertz CT molecular complexity index is 574. The van der Waals surface area contributed by atoms with Crippen molar-refractivity contribution in [1.29, 1.82) is 0 Å². The second-order valence-electron chi connectivity index (χ2n) is 2.83. The van der Waals surface area contributed by atoms with E-state index in [1.807, 2.05) is 5.92 Å². The summed E-state index contributed by atoms with van der Waals surface area (Å²) in [7, 11) is -3.68. The van der Waals surface area contributed by atoms with E-state index in [0.29, 0.717) is 0 Å². The third kappa shape index (κ3) is 2.51. The fourth-order valence-corrected chi connectivity index (χ4v) is 2.16. The quantitative estimate of drug-likeness (QED) is 0.470. The average molecular weight is 260 g/mol. The zero-order chi connectivity index (χ0) is 12.3. The molecule has 0 saturated carbocycles. The topological polar surface area (TPSA) is 77.3 Å². The lowest BCUT2D eigenvalue weighted by atomic mass is 10.3. The minimum Gasteiger partial charge on any atom is -0.258 e. The van der Waals surface area contributed by atoms with Crippen LogP contribution in [0.15, 0.2) is 23.1 Å². The minimum absolute atomic E-state index is 0.121. The van der Waals surface area contributed by atoms with Crippen LogP contribution in [0.1, 0.15) is 0 Å². The number of halogens is 1. The van der Waals surface area contributed by atoms with Crippen LogP contribution >= 0.6 is 11.6 Å². The van der Waals surface area contributed by atoms with Gasteiger partial charge in [-0.05, 0) is 12.1 Å². The Morgan fingerprint density at radius 1 is 1.50 bits per heavy atom. The molecule has 0 bridgehead atoms. The van der Waals surface area contributed by atoms with E-state index in [-0.39, 0.29) is 9.92 Å². The zero-order valence-corrected chi connectivity index (χ0v) is 9.46. The van der Waals surface area contributed by atoms with Gasteiger partial charge in [0, 0.05) is 6.07 Å². The highest BCUT2D eigenvalue weighted by Gasteiger charge is 2.19. The molecule has 0 aliphatic carbocycles. The van der Waals surface area contributed by atoms with Gasteiger partial charge in [-0.25, -0.2) is 8.42 Å². The molecule has 1 aromatic carbocycles. The van der Waals surface area contributed by atoms with E-state index >= 15 is 0 Å². The van der Waals surface area contributed by atoms with E-state index < -0.39 is 26.2 Å². The van der Waals surface area contributed by atoms with E-state index in [4.69, 9.17) is 18.0 Å². The maximum absolute atomic E-state index is 11.5. The first-order valence-electron chi connectivity index (χ1n) is 3.98. The summed E-state index contributed by atoms with van der Waals surface area (Å²) >= 11 is 5.54. The van der Waals surface area contributed by atoms with E-state index in [9.17, 15) is 18.5 Å². The molecule has 5 nitrogen and oxygen atoms in total. The van der Waals surface area contributed by atoms with Gasteiger partial charge in [-0.3, -0.25) is 10.1 Å². The van der Waals surface area contributed by atoms with E-state index in [2.05, 4.69) is 0 Å². The zero-order valence-electron chi connectivity index (χ0n) is 7.88. The summed E-state index contributed by atoms with van der Waals surface area (Å²) in [6.07, 6.45) is 4.89. The van der Waals surface area contributed by atoms with Gasteiger partial charge in [-0.2, -0.15) is 0 Å². The van der Waals surface area contributed by atoms with Crippen LogP contribution < -0.4 is 0 Å². The Morgan fingerprint density at radius 3 is 2.62 bits per heavy atom. The van der Waals surface area contributed by atoms with Crippen LogP contribution in [0.5, 0.6) is 0 Å². The van der Waals surface area contributed by atoms with Crippen LogP contribution in [0.4, 0.5) is 5.69 Å². The maximum Gasteiger partial charge on any atom is 0.289 e. The van der Waals surface area contributed by atoms with Crippen molar-refractivity contribution >= 4 is 27.1 Å². The summed E-state index contributed by atoms with van der Waals surface area (Å²) in [5.41, 5.74) is -0.459. The third-order valence-corrected chi connectivity index (χ3v) is 3.59. The van der Waals surface area contributed by atoms with Crippen molar-refractivity contribution in [3.8, 4) is 12.3 Å². The molecule has 0 aliphatic heterocycles. The summed E-state index contributed by atoms with van der Waals surface area (Å²) in [5, 5.41) is 10.4. The van der Waals surface area contributed by atoms with Crippen LogP contribution in [0, 0.1) is 22.5 Å². The lowest BCUT2D eigenvalue weighted by Gasteiger charge is -2.01. The van der Waals surface area contributed by atoms with Gasteiger partial charge in [-0.1, -0.05) is 17.5 Å². The minimum atomic E-state index is -3.68. The molecule has 16 heavy (non-hydrogen) atoms. The second kappa shape index (κ2) is 4.51. The summed E-state index contributed by atoms with van der Waals surface area (Å²) in [5.74, 6) is 1.47. The van der Waals surface area contributed by atoms with Crippen molar-refractivity contribution in [2.45, 2.75) is 4.90 Å². The number of terminal acetylenes is 1. The van der Waals surface area contributed by atoms with Gasteiger partial charge in [0.25, 0.3) is 5.69 Å². The fraction of sp³-hybridized carbons (Fsp3) is 0.111. The molecule has 0 amide bonds. The number of hydrogen-bond donors (Lipinski definition) is 0. The summed E-state index contributed by atoms with van der Waals surface area (Å²) in [6.45, 7) is 0. The van der Waals surface area contributed by atoms with Gasteiger partial charge in [0.2, 0.25) is 0 Å². The fourth-order valence-electron chi connectivity index (χ4n) is 1.02. The Hall–Kier alpha value is -1.58. The van der Waals surface area contributed by atoms with E-state index in [1.165, 1.54) is 6.07 Å². The van der Waals surface area contributed by atoms with Gasteiger partial charge >= 0.3 is 0 Å². The summed E-state index contributed by atoms with van der Waals surface area (Å²) in [6, 6.07) is 3.24. The lowest BCUT2D eigenvalue weighted by molar-refractivity contribution is -0.384. The highest BCUT2D eigenvalue weighted by atomic mass is 35.5. The molecule has 1 aromatic rings. The average Bonchev–Trinajstić information content (AvgIpc) is 2.17. The Morgan fingerprint density at radius 2 is 2.12 bits per heavy atom. The lowest BCUT2D eigenvalue weighted by Crippen LogP contribution is -2.05. The van der Waals surface area contributed by atoms with Gasteiger partial charge < -0.3 is 0 Å².